The Morgan fingerprint density at radius 3 is 2.90 bits per heavy atom. The number of aromatic nitrogens is 2. The predicted octanol–water partition coefficient (Wildman–Crippen LogP) is 0.0950. The van der Waals surface area contributed by atoms with Crippen molar-refractivity contribution in [2.24, 2.45) is 12.5 Å². The first-order valence-corrected chi connectivity index (χ1v) is 7.12. The third kappa shape index (κ3) is 3.58. The largest absolute Gasteiger partial charge is 0.384 e. The fourth-order valence-electron chi connectivity index (χ4n) is 2.73. The molecule has 0 atom stereocenters. The number of ether oxygens (including phenoxy) is 1. The van der Waals surface area contributed by atoms with Gasteiger partial charge in [-0.15, -0.1) is 0 Å². The van der Waals surface area contributed by atoms with Crippen molar-refractivity contribution < 1.29 is 9.53 Å². The van der Waals surface area contributed by atoms with E-state index in [0.717, 1.165) is 37.9 Å². The molecule has 0 unspecified atom stereocenters. The number of carbonyl (C=O) groups excluding carboxylic acids is 1. The van der Waals surface area contributed by atoms with Crippen molar-refractivity contribution in [3.8, 4) is 0 Å². The summed E-state index contributed by atoms with van der Waals surface area (Å²) in [5.41, 5.74) is 0.772. The van der Waals surface area contributed by atoms with E-state index in [1.54, 1.807) is 11.8 Å². The lowest BCUT2D eigenvalue weighted by Crippen LogP contribution is -2.50. The van der Waals surface area contributed by atoms with Gasteiger partial charge in [0, 0.05) is 26.9 Å². The number of methoxy groups -OCH3 is 1. The molecule has 2 heterocycles. The molecule has 1 fully saturated rings. The van der Waals surface area contributed by atoms with E-state index in [-0.39, 0.29) is 11.3 Å². The summed E-state index contributed by atoms with van der Waals surface area (Å²) in [6.45, 7) is 2.88. The van der Waals surface area contributed by atoms with Gasteiger partial charge in [0.1, 0.15) is 0 Å². The number of nitrogens with zero attached hydrogens (tertiary/aromatic N) is 2. The van der Waals surface area contributed by atoms with E-state index in [4.69, 9.17) is 4.74 Å². The van der Waals surface area contributed by atoms with E-state index in [1.165, 1.54) is 0 Å². The molecule has 0 spiro atoms. The lowest BCUT2D eigenvalue weighted by molar-refractivity contribution is -0.136. The molecule has 1 amide bonds. The summed E-state index contributed by atoms with van der Waals surface area (Å²) >= 11 is 0. The first kappa shape index (κ1) is 15.0. The molecule has 0 aromatic carbocycles. The van der Waals surface area contributed by atoms with Crippen LogP contribution in [0.25, 0.3) is 0 Å². The van der Waals surface area contributed by atoms with Crippen molar-refractivity contribution in [3.05, 3.63) is 18.0 Å². The fourth-order valence-corrected chi connectivity index (χ4v) is 2.73. The average Bonchev–Trinajstić information content (AvgIpc) is 2.86. The summed E-state index contributed by atoms with van der Waals surface area (Å²) < 4.78 is 7.05. The Bertz CT molecular complexity index is 433. The summed E-state index contributed by atoms with van der Waals surface area (Å²) in [5, 5.41) is 10.5. The molecular weight excluding hydrogens is 256 g/mol. The topological polar surface area (TPSA) is 68.2 Å². The van der Waals surface area contributed by atoms with Crippen LogP contribution in [0.5, 0.6) is 0 Å². The van der Waals surface area contributed by atoms with Crippen molar-refractivity contribution in [1.29, 1.82) is 0 Å². The summed E-state index contributed by atoms with van der Waals surface area (Å²) in [7, 11) is 3.55. The van der Waals surface area contributed by atoms with Gasteiger partial charge in [0.25, 0.3) is 0 Å². The van der Waals surface area contributed by atoms with Gasteiger partial charge >= 0.3 is 0 Å². The van der Waals surface area contributed by atoms with Gasteiger partial charge in [0.15, 0.2) is 0 Å². The molecule has 1 aliphatic heterocycles. The third-order valence-electron chi connectivity index (χ3n) is 3.92. The van der Waals surface area contributed by atoms with Gasteiger partial charge in [-0.3, -0.25) is 9.48 Å². The SMILES string of the molecule is COCC1(C(=O)NCCc2cnn(C)c2)CCNCC1. The summed E-state index contributed by atoms with van der Waals surface area (Å²) in [6.07, 6.45) is 6.28. The lowest BCUT2D eigenvalue weighted by Gasteiger charge is -2.35. The van der Waals surface area contributed by atoms with Gasteiger partial charge in [-0.1, -0.05) is 0 Å². The molecule has 112 valence electrons. The molecule has 2 N–H and O–H groups in total. The molecule has 2 rings (SSSR count). The molecule has 0 radical (unpaired) electrons. The molecule has 1 aliphatic rings. The second kappa shape index (κ2) is 6.85. The molecule has 20 heavy (non-hydrogen) atoms. The van der Waals surface area contributed by atoms with Crippen LogP contribution in [0.15, 0.2) is 12.4 Å². The maximum absolute atomic E-state index is 12.5. The van der Waals surface area contributed by atoms with Gasteiger partial charge in [0.05, 0.1) is 18.2 Å². The van der Waals surface area contributed by atoms with E-state index in [0.29, 0.717) is 13.2 Å². The van der Waals surface area contributed by atoms with Crippen molar-refractivity contribution >= 4 is 5.91 Å². The molecular formula is C14H24N4O2. The standard InChI is InChI=1S/C14H24N4O2/c1-18-10-12(9-17-18)3-6-16-13(19)14(11-20-2)4-7-15-8-5-14/h9-10,15H,3-8,11H2,1-2H3,(H,16,19). The van der Waals surface area contributed by atoms with Crippen LogP contribution in [0, 0.1) is 5.41 Å². The highest BCUT2D eigenvalue weighted by Crippen LogP contribution is 2.29. The van der Waals surface area contributed by atoms with Crippen LogP contribution < -0.4 is 10.6 Å². The Kier molecular flexibility index (Phi) is 5.14. The highest BCUT2D eigenvalue weighted by atomic mass is 16.5. The van der Waals surface area contributed by atoms with Gasteiger partial charge in [0.2, 0.25) is 5.91 Å². The number of piperidine rings is 1. The molecule has 6 nitrogen and oxygen atoms in total. The molecule has 0 saturated carbocycles. The minimum Gasteiger partial charge on any atom is -0.384 e. The summed E-state index contributed by atoms with van der Waals surface area (Å²) in [6, 6.07) is 0. The minimum atomic E-state index is -0.366. The lowest BCUT2D eigenvalue weighted by atomic mass is 9.78. The zero-order valence-electron chi connectivity index (χ0n) is 12.3. The Labute approximate surface area is 119 Å². The van der Waals surface area contributed by atoms with Gasteiger partial charge < -0.3 is 15.4 Å². The van der Waals surface area contributed by atoms with Crippen LogP contribution in [0.4, 0.5) is 0 Å². The molecule has 0 aliphatic carbocycles. The zero-order valence-corrected chi connectivity index (χ0v) is 12.3. The normalized spacial score (nSPS) is 17.9. The van der Waals surface area contributed by atoms with Crippen LogP contribution in [-0.2, 0) is 23.0 Å². The second-order valence-corrected chi connectivity index (χ2v) is 5.49. The number of aryl methyl sites for hydroxylation is 1. The Balaban J connectivity index is 1.85. The van der Waals surface area contributed by atoms with Crippen molar-refractivity contribution in [1.82, 2.24) is 20.4 Å². The Morgan fingerprint density at radius 1 is 1.55 bits per heavy atom. The Hall–Kier alpha value is -1.40. The molecule has 1 saturated heterocycles. The molecule has 0 bridgehead atoms. The quantitative estimate of drug-likeness (QED) is 0.775. The van der Waals surface area contributed by atoms with Crippen LogP contribution in [0.1, 0.15) is 18.4 Å². The van der Waals surface area contributed by atoms with E-state index in [9.17, 15) is 4.79 Å². The van der Waals surface area contributed by atoms with Crippen LogP contribution >= 0.6 is 0 Å². The van der Waals surface area contributed by atoms with Crippen LogP contribution in [0.3, 0.4) is 0 Å². The van der Waals surface area contributed by atoms with Crippen molar-refractivity contribution in [2.45, 2.75) is 19.3 Å². The average molecular weight is 280 g/mol. The smallest absolute Gasteiger partial charge is 0.228 e. The van der Waals surface area contributed by atoms with E-state index in [1.807, 2.05) is 19.4 Å². The number of hydrogen-bond acceptors (Lipinski definition) is 4. The Morgan fingerprint density at radius 2 is 2.30 bits per heavy atom. The first-order valence-electron chi connectivity index (χ1n) is 7.12. The first-order chi connectivity index (χ1) is 9.66. The fraction of sp³-hybridized carbons (Fsp3) is 0.714. The maximum Gasteiger partial charge on any atom is 0.228 e. The molecule has 1 aromatic heterocycles. The predicted molar refractivity (Wildman–Crippen MR) is 76.3 cm³/mol. The van der Waals surface area contributed by atoms with E-state index >= 15 is 0 Å². The molecule has 6 heteroatoms. The number of hydrogen-bond donors (Lipinski definition) is 2. The third-order valence-corrected chi connectivity index (χ3v) is 3.92. The highest BCUT2D eigenvalue weighted by Gasteiger charge is 2.39. The minimum absolute atomic E-state index is 0.116. The monoisotopic (exact) mass is 280 g/mol. The van der Waals surface area contributed by atoms with Crippen molar-refractivity contribution in [2.75, 3.05) is 33.4 Å². The summed E-state index contributed by atoms with van der Waals surface area (Å²) in [5.74, 6) is 0.116. The highest BCUT2D eigenvalue weighted by molar-refractivity contribution is 5.83. The second-order valence-electron chi connectivity index (χ2n) is 5.49. The maximum atomic E-state index is 12.5. The van der Waals surface area contributed by atoms with E-state index in [2.05, 4.69) is 15.7 Å². The zero-order chi connectivity index (χ0) is 14.4. The van der Waals surface area contributed by atoms with Gasteiger partial charge in [-0.25, -0.2) is 0 Å². The van der Waals surface area contributed by atoms with Crippen LogP contribution in [0.2, 0.25) is 0 Å². The van der Waals surface area contributed by atoms with Gasteiger partial charge in [-0.2, -0.15) is 5.10 Å². The van der Waals surface area contributed by atoms with E-state index < -0.39 is 0 Å². The number of rotatable bonds is 6. The number of nitrogens with one attached hydrogen (secondary N) is 2. The number of amides is 1. The number of carbonyl (C=O) groups is 1. The summed E-state index contributed by atoms with van der Waals surface area (Å²) in [4.78, 5) is 12.5. The van der Waals surface area contributed by atoms with Crippen molar-refractivity contribution in [3.63, 3.8) is 0 Å². The van der Waals surface area contributed by atoms with Gasteiger partial charge in [-0.05, 0) is 37.9 Å². The van der Waals surface area contributed by atoms with Crippen LogP contribution in [-0.4, -0.2) is 49.0 Å². The molecule has 1 aromatic rings.